The van der Waals surface area contributed by atoms with E-state index in [0.29, 0.717) is 22.2 Å². The van der Waals surface area contributed by atoms with Gasteiger partial charge < -0.3 is 9.53 Å². The number of para-hydroxylation sites is 1. The van der Waals surface area contributed by atoms with Crippen LogP contribution in [-0.2, 0) is 14.4 Å². The molecular formula is C24H31NO4SSi. The largest absolute Gasteiger partial charge is 0.543 e. The summed E-state index contributed by atoms with van der Waals surface area (Å²) in [5, 5.41) is 11.4. The normalized spacial score (nSPS) is 13.9. The third-order valence-electron chi connectivity index (χ3n) is 6.01. The first-order chi connectivity index (χ1) is 14.3. The van der Waals surface area contributed by atoms with Gasteiger partial charge in [-0.1, -0.05) is 63.7 Å². The lowest BCUT2D eigenvalue weighted by molar-refractivity contribution is 0.193. The lowest BCUT2D eigenvalue weighted by Gasteiger charge is -2.37. The number of benzene rings is 2. The van der Waals surface area contributed by atoms with E-state index >= 15 is 0 Å². The van der Waals surface area contributed by atoms with Gasteiger partial charge in [0, 0.05) is 10.9 Å². The summed E-state index contributed by atoms with van der Waals surface area (Å²) in [6.45, 7) is 16.4. The molecule has 0 saturated carbocycles. The maximum atomic E-state index is 13.6. The standard InChI is InChI=1S/C24H31NO4SSi/c1-17(26)23-22(18(2)29-31(6,7)24(3,4)5)20-15-11-12-16-21(20)25(23)30(27,28)19-13-9-8-10-14-19/h8-17,26H,2H2,1,3-7H3. The second kappa shape index (κ2) is 7.96. The number of aliphatic hydroxyl groups is 1. The van der Waals surface area contributed by atoms with Gasteiger partial charge in [0.1, 0.15) is 5.76 Å². The van der Waals surface area contributed by atoms with Gasteiger partial charge in [0.25, 0.3) is 10.0 Å². The smallest absolute Gasteiger partial charge is 0.268 e. The van der Waals surface area contributed by atoms with Crippen LogP contribution >= 0.6 is 0 Å². The number of aromatic nitrogens is 1. The molecule has 166 valence electrons. The molecule has 1 heterocycles. The Morgan fingerprint density at radius 2 is 1.61 bits per heavy atom. The lowest BCUT2D eigenvalue weighted by Crippen LogP contribution is -2.40. The predicted octanol–water partition coefficient (Wildman–Crippen LogP) is 5.92. The summed E-state index contributed by atoms with van der Waals surface area (Å²) in [6.07, 6.45) is -1.05. The van der Waals surface area contributed by atoms with Crippen LogP contribution in [0.25, 0.3) is 16.7 Å². The van der Waals surface area contributed by atoms with E-state index in [4.69, 9.17) is 4.43 Å². The van der Waals surface area contributed by atoms with Gasteiger partial charge in [-0.25, -0.2) is 12.4 Å². The Balaban J connectivity index is 2.33. The molecule has 1 atom stereocenters. The summed E-state index contributed by atoms with van der Waals surface area (Å²) in [5.41, 5.74) is 1.28. The molecule has 0 fully saturated rings. The highest BCUT2D eigenvalue weighted by Crippen LogP contribution is 2.43. The minimum atomic E-state index is -3.95. The number of rotatable bonds is 6. The lowest BCUT2D eigenvalue weighted by atomic mass is 10.1. The SMILES string of the molecule is C=C(O[Si](C)(C)C(C)(C)C)c1c(C(C)O)n(S(=O)(=O)c2ccccc2)c2ccccc12. The zero-order valence-corrected chi connectivity index (χ0v) is 20.8. The zero-order chi connectivity index (χ0) is 23.2. The number of aliphatic hydroxyl groups excluding tert-OH is 1. The Bertz CT molecular complexity index is 1220. The summed E-state index contributed by atoms with van der Waals surface area (Å²) >= 11 is 0. The van der Waals surface area contributed by atoms with Crippen molar-refractivity contribution in [3.63, 3.8) is 0 Å². The van der Waals surface area contributed by atoms with Crippen LogP contribution in [0.4, 0.5) is 0 Å². The van der Waals surface area contributed by atoms with Gasteiger partial charge in [-0.15, -0.1) is 0 Å². The molecule has 1 unspecified atom stereocenters. The maximum Gasteiger partial charge on any atom is 0.268 e. The van der Waals surface area contributed by atoms with Gasteiger partial charge in [-0.2, -0.15) is 0 Å². The average Bonchev–Trinajstić information content (AvgIpc) is 3.04. The quantitative estimate of drug-likeness (QED) is 0.368. The Morgan fingerprint density at radius 3 is 2.16 bits per heavy atom. The fraction of sp³-hybridized carbons (Fsp3) is 0.333. The van der Waals surface area contributed by atoms with Crippen molar-refractivity contribution < 1.29 is 18.0 Å². The Labute approximate surface area is 186 Å². The Morgan fingerprint density at radius 1 is 1.06 bits per heavy atom. The number of hydrogen-bond donors (Lipinski definition) is 1. The van der Waals surface area contributed by atoms with E-state index in [-0.39, 0.29) is 15.6 Å². The van der Waals surface area contributed by atoms with Gasteiger partial charge >= 0.3 is 0 Å². The van der Waals surface area contributed by atoms with E-state index in [2.05, 4.69) is 40.4 Å². The van der Waals surface area contributed by atoms with Crippen LogP contribution < -0.4 is 0 Å². The van der Waals surface area contributed by atoms with Crippen molar-refractivity contribution in [1.82, 2.24) is 3.97 Å². The first-order valence-electron chi connectivity index (χ1n) is 10.3. The van der Waals surface area contributed by atoms with E-state index in [1.165, 1.54) is 3.97 Å². The minimum Gasteiger partial charge on any atom is -0.543 e. The second-order valence-electron chi connectivity index (χ2n) is 9.32. The van der Waals surface area contributed by atoms with Crippen LogP contribution in [0.1, 0.15) is 45.1 Å². The van der Waals surface area contributed by atoms with Crippen LogP contribution in [0.5, 0.6) is 0 Å². The molecule has 0 saturated heterocycles. The van der Waals surface area contributed by atoms with Crippen LogP contribution in [0.15, 0.2) is 66.1 Å². The molecule has 3 aromatic rings. The van der Waals surface area contributed by atoms with Gasteiger partial charge in [0.2, 0.25) is 8.32 Å². The van der Waals surface area contributed by atoms with Crippen molar-refractivity contribution in [2.24, 2.45) is 0 Å². The summed E-state index contributed by atoms with van der Waals surface area (Å²) in [6, 6.07) is 15.4. The maximum absolute atomic E-state index is 13.6. The summed E-state index contributed by atoms with van der Waals surface area (Å²) < 4.78 is 35.0. The van der Waals surface area contributed by atoms with E-state index in [9.17, 15) is 13.5 Å². The third kappa shape index (κ3) is 4.09. The molecule has 5 nitrogen and oxygen atoms in total. The molecule has 1 aromatic heterocycles. The molecule has 0 aliphatic rings. The fourth-order valence-electron chi connectivity index (χ4n) is 3.37. The first kappa shape index (κ1) is 23.3. The van der Waals surface area contributed by atoms with Gasteiger partial charge in [0.15, 0.2) is 0 Å². The molecule has 0 radical (unpaired) electrons. The number of fused-ring (bicyclic) bond motifs is 1. The average molecular weight is 458 g/mol. The fourth-order valence-corrected chi connectivity index (χ4v) is 6.03. The Kier molecular flexibility index (Phi) is 5.99. The van der Waals surface area contributed by atoms with E-state index < -0.39 is 24.4 Å². The van der Waals surface area contributed by atoms with Gasteiger partial charge in [-0.3, -0.25) is 0 Å². The van der Waals surface area contributed by atoms with Crippen molar-refractivity contribution in [1.29, 1.82) is 0 Å². The predicted molar refractivity (Wildman–Crippen MR) is 129 cm³/mol. The molecule has 31 heavy (non-hydrogen) atoms. The van der Waals surface area contributed by atoms with Crippen LogP contribution in [0, 0.1) is 0 Å². The topological polar surface area (TPSA) is 68.5 Å². The van der Waals surface area contributed by atoms with E-state index in [1.54, 1.807) is 49.4 Å². The summed E-state index contributed by atoms with van der Waals surface area (Å²) in [5.74, 6) is 0.390. The molecule has 1 N–H and O–H groups in total. The molecule has 0 aliphatic heterocycles. The minimum absolute atomic E-state index is 0.0601. The van der Waals surface area contributed by atoms with Crippen LogP contribution in [-0.4, -0.2) is 25.8 Å². The highest BCUT2D eigenvalue weighted by Gasteiger charge is 2.40. The van der Waals surface area contributed by atoms with Crippen LogP contribution in [0.2, 0.25) is 18.1 Å². The molecule has 0 aliphatic carbocycles. The first-order valence-corrected chi connectivity index (χ1v) is 14.6. The number of hydrogen-bond acceptors (Lipinski definition) is 4. The van der Waals surface area contributed by atoms with E-state index in [1.807, 2.05) is 12.1 Å². The molecular weight excluding hydrogens is 426 g/mol. The van der Waals surface area contributed by atoms with Crippen molar-refractivity contribution in [2.75, 3.05) is 0 Å². The monoisotopic (exact) mass is 457 g/mol. The third-order valence-corrected chi connectivity index (χ3v) is 12.1. The van der Waals surface area contributed by atoms with E-state index in [0.717, 1.165) is 0 Å². The molecule has 7 heteroatoms. The molecule has 0 spiro atoms. The second-order valence-corrected chi connectivity index (χ2v) is 15.8. The highest BCUT2D eigenvalue weighted by atomic mass is 32.2. The summed E-state index contributed by atoms with van der Waals surface area (Å²) in [4.78, 5) is 0.153. The zero-order valence-electron chi connectivity index (χ0n) is 19.0. The summed E-state index contributed by atoms with van der Waals surface area (Å²) in [7, 11) is -6.19. The highest BCUT2D eigenvalue weighted by molar-refractivity contribution is 7.90. The van der Waals surface area contributed by atoms with Crippen molar-refractivity contribution in [3.8, 4) is 0 Å². The number of nitrogens with zero attached hydrogens (tertiary/aromatic N) is 1. The van der Waals surface area contributed by atoms with Crippen molar-refractivity contribution >= 4 is 35.0 Å². The molecule has 2 aromatic carbocycles. The molecule has 0 amide bonds. The van der Waals surface area contributed by atoms with Gasteiger partial charge in [0.05, 0.1) is 22.2 Å². The van der Waals surface area contributed by atoms with Crippen LogP contribution in [0.3, 0.4) is 0 Å². The molecule has 3 rings (SSSR count). The Hall–Kier alpha value is -2.35. The van der Waals surface area contributed by atoms with Crippen molar-refractivity contribution in [3.05, 3.63) is 72.4 Å². The molecule has 0 bridgehead atoms. The van der Waals surface area contributed by atoms with Crippen molar-refractivity contribution in [2.45, 2.75) is 56.8 Å². The van der Waals surface area contributed by atoms with Gasteiger partial charge in [-0.05, 0) is 43.3 Å².